The second-order valence-corrected chi connectivity index (χ2v) is 6.07. The summed E-state index contributed by atoms with van der Waals surface area (Å²) in [6, 6.07) is 0.898. The molecule has 0 aliphatic heterocycles. The summed E-state index contributed by atoms with van der Waals surface area (Å²) in [5, 5.41) is 16.4. The second kappa shape index (κ2) is 7.81. The van der Waals surface area contributed by atoms with Gasteiger partial charge in [-0.3, -0.25) is 0 Å². The Hall–Kier alpha value is -0.660. The smallest absolute Gasteiger partial charge is 0.209 e. The van der Waals surface area contributed by atoms with Gasteiger partial charge in [-0.25, -0.2) is 4.68 Å². The molecule has 0 spiro atoms. The molecule has 1 aliphatic rings. The fourth-order valence-corrected chi connectivity index (χ4v) is 3.23. The zero-order chi connectivity index (χ0) is 13.5. The molecule has 0 saturated heterocycles. The predicted octanol–water partition coefficient (Wildman–Crippen LogP) is 1.50. The van der Waals surface area contributed by atoms with Gasteiger partial charge in [0.05, 0.1) is 12.6 Å². The van der Waals surface area contributed by atoms with Crippen molar-refractivity contribution < 1.29 is 4.74 Å². The van der Waals surface area contributed by atoms with E-state index in [0.29, 0.717) is 12.1 Å². The van der Waals surface area contributed by atoms with E-state index >= 15 is 0 Å². The molecule has 1 aliphatic carbocycles. The molecule has 2 rings (SSSR count). The van der Waals surface area contributed by atoms with Crippen LogP contribution >= 0.6 is 11.8 Å². The van der Waals surface area contributed by atoms with Crippen LogP contribution in [0.1, 0.15) is 38.6 Å². The highest BCUT2D eigenvalue weighted by Gasteiger charge is 2.21. The standard InChI is InChI=1S/C12H23N5OS/c1-10(9-18-2)13-7-8-19-12-14-15-16-17(12)11-5-3-4-6-11/h10-11,13H,3-9H2,1-2H3. The molecule has 7 heteroatoms. The molecule has 1 fully saturated rings. The molecule has 1 aromatic rings. The van der Waals surface area contributed by atoms with Crippen LogP contribution in [0.2, 0.25) is 0 Å². The Bertz CT molecular complexity index is 367. The first-order valence-electron chi connectivity index (χ1n) is 6.94. The Morgan fingerprint density at radius 3 is 3.00 bits per heavy atom. The normalized spacial score (nSPS) is 18.0. The zero-order valence-corrected chi connectivity index (χ0v) is 12.5. The molecule has 1 heterocycles. The van der Waals surface area contributed by atoms with Gasteiger partial charge in [0, 0.05) is 25.4 Å². The molecule has 108 valence electrons. The third-order valence-electron chi connectivity index (χ3n) is 3.38. The lowest BCUT2D eigenvalue weighted by molar-refractivity contribution is 0.173. The van der Waals surface area contributed by atoms with Gasteiger partial charge >= 0.3 is 0 Å². The Balaban J connectivity index is 1.72. The van der Waals surface area contributed by atoms with Gasteiger partial charge in [0.15, 0.2) is 0 Å². The van der Waals surface area contributed by atoms with Crippen molar-refractivity contribution in [1.29, 1.82) is 0 Å². The van der Waals surface area contributed by atoms with E-state index in [1.165, 1.54) is 25.7 Å². The van der Waals surface area contributed by atoms with Crippen molar-refractivity contribution in [3.63, 3.8) is 0 Å². The van der Waals surface area contributed by atoms with Crippen molar-refractivity contribution >= 4 is 11.8 Å². The molecule has 1 N–H and O–H groups in total. The van der Waals surface area contributed by atoms with Gasteiger partial charge in [-0.2, -0.15) is 0 Å². The Morgan fingerprint density at radius 1 is 1.47 bits per heavy atom. The predicted molar refractivity (Wildman–Crippen MR) is 75.4 cm³/mol. The van der Waals surface area contributed by atoms with Gasteiger partial charge in [0.1, 0.15) is 0 Å². The third-order valence-corrected chi connectivity index (χ3v) is 4.31. The highest BCUT2D eigenvalue weighted by Crippen LogP contribution is 2.31. The first-order valence-corrected chi connectivity index (χ1v) is 7.93. The minimum atomic E-state index is 0.386. The SMILES string of the molecule is COCC(C)NCCSc1nnnn1C1CCCC1. The van der Waals surface area contributed by atoms with Crippen LogP contribution in [0.3, 0.4) is 0 Å². The number of hydrogen-bond acceptors (Lipinski definition) is 6. The van der Waals surface area contributed by atoms with E-state index in [9.17, 15) is 0 Å². The van der Waals surface area contributed by atoms with Gasteiger partial charge < -0.3 is 10.1 Å². The van der Waals surface area contributed by atoms with E-state index in [4.69, 9.17) is 4.74 Å². The quantitative estimate of drug-likeness (QED) is 0.577. The van der Waals surface area contributed by atoms with E-state index in [1.54, 1.807) is 18.9 Å². The molecular formula is C12H23N5OS. The van der Waals surface area contributed by atoms with Crippen LogP contribution in [0.4, 0.5) is 0 Å². The number of nitrogens with zero attached hydrogens (tertiary/aromatic N) is 4. The maximum Gasteiger partial charge on any atom is 0.209 e. The molecule has 1 unspecified atom stereocenters. The lowest BCUT2D eigenvalue weighted by Crippen LogP contribution is -2.31. The van der Waals surface area contributed by atoms with Crippen LogP contribution in [0, 0.1) is 0 Å². The maximum atomic E-state index is 5.09. The fourth-order valence-electron chi connectivity index (χ4n) is 2.42. The Morgan fingerprint density at radius 2 is 2.26 bits per heavy atom. The van der Waals surface area contributed by atoms with E-state index in [-0.39, 0.29) is 0 Å². The molecule has 0 amide bonds. The molecule has 0 bridgehead atoms. The summed E-state index contributed by atoms with van der Waals surface area (Å²) in [6.07, 6.45) is 5.01. The van der Waals surface area contributed by atoms with Crippen LogP contribution in [0.25, 0.3) is 0 Å². The molecule has 0 aromatic carbocycles. The second-order valence-electron chi connectivity index (χ2n) is 5.00. The van der Waals surface area contributed by atoms with Gasteiger partial charge in [-0.15, -0.1) is 5.10 Å². The van der Waals surface area contributed by atoms with E-state index < -0.39 is 0 Å². The number of hydrogen-bond donors (Lipinski definition) is 1. The summed E-state index contributed by atoms with van der Waals surface area (Å²) in [7, 11) is 1.72. The van der Waals surface area contributed by atoms with E-state index in [2.05, 4.69) is 27.8 Å². The van der Waals surface area contributed by atoms with Crippen molar-refractivity contribution in [1.82, 2.24) is 25.5 Å². The van der Waals surface area contributed by atoms with Crippen LogP contribution in [-0.4, -0.2) is 52.3 Å². The third kappa shape index (κ3) is 4.43. The summed E-state index contributed by atoms with van der Waals surface area (Å²) in [4.78, 5) is 0. The molecule has 1 aromatic heterocycles. The molecular weight excluding hydrogens is 262 g/mol. The van der Waals surface area contributed by atoms with Gasteiger partial charge in [0.2, 0.25) is 5.16 Å². The Kier molecular flexibility index (Phi) is 6.06. The largest absolute Gasteiger partial charge is 0.383 e. The van der Waals surface area contributed by atoms with Gasteiger partial charge in [0.25, 0.3) is 0 Å². The van der Waals surface area contributed by atoms with E-state index in [0.717, 1.165) is 24.1 Å². The minimum Gasteiger partial charge on any atom is -0.383 e. The number of rotatable bonds is 8. The van der Waals surface area contributed by atoms with Crippen molar-refractivity contribution in [3.8, 4) is 0 Å². The van der Waals surface area contributed by atoms with Gasteiger partial charge in [-0.05, 0) is 30.2 Å². The number of tetrazole rings is 1. The van der Waals surface area contributed by atoms with Crippen LogP contribution in [0.15, 0.2) is 5.16 Å². The maximum absolute atomic E-state index is 5.09. The lowest BCUT2D eigenvalue weighted by atomic mass is 10.3. The number of nitrogens with one attached hydrogen (secondary N) is 1. The molecule has 0 radical (unpaired) electrons. The molecule has 19 heavy (non-hydrogen) atoms. The summed E-state index contributed by atoms with van der Waals surface area (Å²) in [5.41, 5.74) is 0. The lowest BCUT2D eigenvalue weighted by Gasteiger charge is -2.13. The fraction of sp³-hybridized carbons (Fsp3) is 0.917. The number of ether oxygens (including phenoxy) is 1. The monoisotopic (exact) mass is 285 g/mol. The molecule has 1 saturated carbocycles. The van der Waals surface area contributed by atoms with Crippen molar-refractivity contribution in [2.75, 3.05) is 26.0 Å². The first-order chi connectivity index (χ1) is 9.31. The highest BCUT2D eigenvalue weighted by molar-refractivity contribution is 7.99. The first kappa shape index (κ1) is 14.7. The van der Waals surface area contributed by atoms with Crippen LogP contribution in [-0.2, 0) is 4.74 Å². The average Bonchev–Trinajstić information content (AvgIpc) is 3.05. The summed E-state index contributed by atoms with van der Waals surface area (Å²) < 4.78 is 7.10. The summed E-state index contributed by atoms with van der Waals surface area (Å²) >= 11 is 1.72. The van der Waals surface area contributed by atoms with Crippen LogP contribution < -0.4 is 5.32 Å². The number of aromatic nitrogens is 4. The van der Waals surface area contributed by atoms with Crippen molar-refractivity contribution in [2.24, 2.45) is 0 Å². The number of methoxy groups -OCH3 is 1. The van der Waals surface area contributed by atoms with Crippen LogP contribution in [0.5, 0.6) is 0 Å². The minimum absolute atomic E-state index is 0.386. The van der Waals surface area contributed by atoms with E-state index in [1.807, 2.05) is 4.68 Å². The van der Waals surface area contributed by atoms with Gasteiger partial charge in [-0.1, -0.05) is 24.6 Å². The summed E-state index contributed by atoms with van der Waals surface area (Å²) in [5.74, 6) is 0.973. The van der Waals surface area contributed by atoms with Crippen molar-refractivity contribution in [3.05, 3.63) is 0 Å². The Labute approximate surface area is 118 Å². The van der Waals surface area contributed by atoms with Crippen molar-refractivity contribution in [2.45, 2.75) is 49.8 Å². The average molecular weight is 285 g/mol. The topological polar surface area (TPSA) is 64.9 Å². The molecule has 1 atom stereocenters. The number of thioether (sulfide) groups is 1. The zero-order valence-electron chi connectivity index (χ0n) is 11.7. The highest BCUT2D eigenvalue weighted by atomic mass is 32.2. The summed E-state index contributed by atoms with van der Waals surface area (Å²) in [6.45, 7) is 3.80. The molecule has 6 nitrogen and oxygen atoms in total.